The number of benzene rings is 1. The Hall–Kier alpha value is -1.65. The van der Waals surface area contributed by atoms with Gasteiger partial charge in [-0.25, -0.2) is 9.97 Å². The third kappa shape index (κ3) is 2.17. The summed E-state index contributed by atoms with van der Waals surface area (Å²) in [5.74, 6) is 1.34. The predicted octanol–water partition coefficient (Wildman–Crippen LogP) is 4.17. The zero-order chi connectivity index (χ0) is 12.4. The van der Waals surface area contributed by atoms with Gasteiger partial charge in [-0.2, -0.15) is 0 Å². The highest BCUT2D eigenvalue weighted by Gasteiger charge is 2.05. The van der Waals surface area contributed by atoms with Crippen molar-refractivity contribution in [1.82, 2.24) is 9.97 Å². The molecule has 0 atom stereocenters. The molecule has 0 aliphatic heterocycles. The maximum absolute atomic E-state index is 5.83. The average molecular weight is 276 g/mol. The van der Waals surface area contributed by atoms with Crippen LogP contribution in [0.15, 0.2) is 42.0 Å². The summed E-state index contributed by atoms with van der Waals surface area (Å²) in [6.45, 7) is 0. The van der Waals surface area contributed by atoms with Crippen LogP contribution in [0.1, 0.15) is 5.56 Å². The monoisotopic (exact) mass is 275 g/mol. The van der Waals surface area contributed by atoms with Crippen molar-refractivity contribution < 1.29 is 0 Å². The Morgan fingerprint density at radius 3 is 3.06 bits per heavy atom. The van der Waals surface area contributed by atoms with Crippen molar-refractivity contribution in [3.8, 4) is 0 Å². The number of halogens is 1. The van der Waals surface area contributed by atoms with Crippen molar-refractivity contribution in [3.05, 3.63) is 47.6 Å². The molecule has 0 radical (unpaired) electrons. The lowest BCUT2D eigenvalue weighted by atomic mass is 10.2. The van der Waals surface area contributed by atoms with E-state index in [2.05, 4.69) is 15.3 Å². The second-order valence-electron chi connectivity index (χ2n) is 3.82. The van der Waals surface area contributed by atoms with Crippen LogP contribution in [0.3, 0.4) is 0 Å². The zero-order valence-electron chi connectivity index (χ0n) is 9.43. The summed E-state index contributed by atoms with van der Waals surface area (Å²) in [5, 5.41) is 5.32. The molecule has 1 aromatic carbocycles. The third-order valence-electron chi connectivity index (χ3n) is 2.59. The molecular formula is C13H10ClN3S. The number of hydrogen-bond acceptors (Lipinski definition) is 4. The van der Waals surface area contributed by atoms with Crippen LogP contribution >= 0.6 is 22.9 Å². The topological polar surface area (TPSA) is 37.8 Å². The van der Waals surface area contributed by atoms with Gasteiger partial charge in [0.2, 0.25) is 0 Å². The van der Waals surface area contributed by atoms with Gasteiger partial charge in [-0.3, -0.25) is 0 Å². The van der Waals surface area contributed by atoms with Crippen molar-refractivity contribution in [2.75, 3.05) is 5.32 Å². The molecule has 0 bridgehead atoms. The van der Waals surface area contributed by atoms with Gasteiger partial charge < -0.3 is 5.32 Å². The van der Waals surface area contributed by atoms with Crippen LogP contribution in [0, 0.1) is 0 Å². The van der Waals surface area contributed by atoms with Gasteiger partial charge in [0.05, 0.1) is 10.2 Å². The van der Waals surface area contributed by atoms with Crippen LogP contribution in [-0.4, -0.2) is 9.97 Å². The summed E-state index contributed by atoms with van der Waals surface area (Å²) in [7, 11) is 0. The quantitative estimate of drug-likeness (QED) is 0.729. The Morgan fingerprint density at radius 2 is 2.17 bits per heavy atom. The lowest BCUT2D eigenvalue weighted by molar-refractivity contribution is 1.22. The minimum atomic E-state index is 0.508. The Balaban J connectivity index is 1.98. The van der Waals surface area contributed by atoms with Gasteiger partial charge in [0.1, 0.15) is 6.33 Å². The van der Waals surface area contributed by atoms with Crippen LogP contribution in [-0.2, 0) is 5.88 Å². The van der Waals surface area contributed by atoms with Crippen LogP contribution < -0.4 is 5.32 Å². The summed E-state index contributed by atoms with van der Waals surface area (Å²) in [6.07, 6.45) is 1.57. The van der Waals surface area contributed by atoms with E-state index in [0.717, 1.165) is 27.3 Å². The second kappa shape index (κ2) is 4.92. The molecule has 90 valence electrons. The van der Waals surface area contributed by atoms with Crippen molar-refractivity contribution in [2.24, 2.45) is 0 Å². The van der Waals surface area contributed by atoms with E-state index in [0.29, 0.717) is 5.88 Å². The first-order chi connectivity index (χ1) is 8.86. The molecule has 0 fully saturated rings. The SMILES string of the molecule is ClCc1cccc(Nc2ncnc3ccsc23)c1. The summed E-state index contributed by atoms with van der Waals surface area (Å²) in [6, 6.07) is 9.99. The molecule has 0 saturated carbocycles. The molecule has 0 saturated heterocycles. The molecule has 0 spiro atoms. The van der Waals surface area contributed by atoms with Gasteiger partial charge >= 0.3 is 0 Å². The van der Waals surface area contributed by atoms with Crippen molar-refractivity contribution in [1.29, 1.82) is 0 Å². The van der Waals surface area contributed by atoms with E-state index in [1.807, 2.05) is 35.7 Å². The first-order valence-corrected chi connectivity index (χ1v) is 6.88. The van der Waals surface area contributed by atoms with Crippen molar-refractivity contribution >= 4 is 44.7 Å². The fourth-order valence-electron chi connectivity index (χ4n) is 1.75. The number of thiophene rings is 1. The van der Waals surface area contributed by atoms with E-state index < -0.39 is 0 Å². The number of fused-ring (bicyclic) bond motifs is 1. The Labute approximate surface area is 113 Å². The molecule has 0 aliphatic carbocycles. The van der Waals surface area contributed by atoms with E-state index in [-0.39, 0.29) is 0 Å². The summed E-state index contributed by atoms with van der Waals surface area (Å²) < 4.78 is 1.06. The smallest absolute Gasteiger partial charge is 0.151 e. The maximum atomic E-state index is 5.83. The highest BCUT2D eigenvalue weighted by molar-refractivity contribution is 7.17. The summed E-state index contributed by atoms with van der Waals surface area (Å²) >= 11 is 7.46. The van der Waals surface area contributed by atoms with E-state index >= 15 is 0 Å². The lowest BCUT2D eigenvalue weighted by Crippen LogP contribution is -1.94. The molecule has 3 rings (SSSR count). The molecule has 5 heteroatoms. The number of nitrogens with zero attached hydrogens (tertiary/aromatic N) is 2. The fourth-order valence-corrected chi connectivity index (χ4v) is 2.70. The minimum absolute atomic E-state index is 0.508. The highest BCUT2D eigenvalue weighted by Crippen LogP contribution is 2.27. The molecule has 2 aromatic heterocycles. The van der Waals surface area contributed by atoms with E-state index in [4.69, 9.17) is 11.6 Å². The summed E-state index contributed by atoms with van der Waals surface area (Å²) in [4.78, 5) is 8.50. The molecule has 3 aromatic rings. The maximum Gasteiger partial charge on any atom is 0.151 e. The lowest BCUT2D eigenvalue weighted by Gasteiger charge is -2.07. The first kappa shape index (κ1) is 11.4. The van der Waals surface area contributed by atoms with Crippen LogP contribution in [0.5, 0.6) is 0 Å². The van der Waals surface area contributed by atoms with Crippen molar-refractivity contribution in [3.63, 3.8) is 0 Å². The summed E-state index contributed by atoms with van der Waals surface area (Å²) in [5.41, 5.74) is 3.03. The number of anilines is 2. The number of rotatable bonds is 3. The number of aromatic nitrogens is 2. The molecular weight excluding hydrogens is 266 g/mol. The first-order valence-electron chi connectivity index (χ1n) is 5.47. The third-order valence-corrected chi connectivity index (χ3v) is 3.81. The van der Waals surface area contributed by atoms with Gasteiger partial charge in [-0.05, 0) is 29.1 Å². The predicted molar refractivity (Wildman–Crippen MR) is 76.7 cm³/mol. The number of nitrogens with one attached hydrogen (secondary N) is 1. The van der Waals surface area contributed by atoms with Crippen LogP contribution in [0.25, 0.3) is 10.2 Å². The highest BCUT2D eigenvalue weighted by atomic mass is 35.5. The van der Waals surface area contributed by atoms with Gasteiger partial charge in [0, 0.05) is 11.6 Å². The van der Waals surface area contributed by atoms with Crippen LogP contribution in [0.4, 0.5) is 11.5 Å². The van der Waals surface area contributed by atoms with E-state index in [9.17, 15) is 0 Å². The van der Waals surface area contributed by atoms with Crippen molar-refractivity contribution in [2.45, 2.75) is 5.88 Å². The largest absolute Gasteiger partial charge is 0.339 e. The molecule has 2 heterocycles. The molecule has 0 amide bonds. The Morgan fingerprint density at radius 1 is 1.22 bits per heavy atom. The normalized spacial score (nSPS) is 10.7. The zero-order valence-corrected chi connectivity index (χ0v) is 11.0. The van der Waals surface area contributed by atoms with Gasteiger partial charge in [0.25, 0.3) is 0 Å². The molecule has 18 heavy (non-hydrogen) atoms. The Bertz CT molecular complexity index is 681. The molecule has 0 aliphatic rings. The number of alkyl halides is 1. The van der Waals surface area contributed by atoms with E-state index in [1.54, 1.807) is 17.7 Å². The minimum Gasteiger partial charge on any atom is -0.339 e. The van der Waals surface area contributed by atoms with Gasteiger partial charge in [0.15, 0.2) is 5.82 Å². The van der Waals surface area contributed by atoms with E-state index in [1.165, 1.54) is 0 Å². The Kier molecular flexibility index (Phi) is 3.13. The van der Waals surface area contributed by atoms with Gasteiger partial charge in [-0.1, -0.05) is 12.1 Å². The molecule has 3 nitrogen and oxygen atoms in total. The second-order valence-corrected chi connectivity index (χ2v) is 5.00. The standard InChI is InChI=1S/C13H10ClN3S/c14-7-9-2-1-3-10(6-9)17-13-12-11(4-5-18-12)15-8-16-13/h1-6,8H,7H2,(H,15,16,17). The molecule has 1 N–H and O–H groups in total. The fraction of sp³-hybridized carbons (Fsp3) is 0.0769. The number of hydrogen-bond donors (Lipinski definition) is 1. The van der Waals surface area contributed by atoms with Gasteiger partial charge in [-0.15, -0.1) is 22.9 Å². The van der Waals surface area contributed by atoms with Crippen LogP contribution in [0.2, 0.25) is 0 Å². The molecule has 0 unspecified atom stereocenters. The average Bonchev–Trinajstić information content (AvgIpc) is 2.88.